The number of nitrogens with two attached hydrogens (primary N) is 1. The average molecular weight is 253 g/mol. The summed E-state index contributed by atoms with van der Waals surface area (Å²) in [5, 5.41) is 9.06. The van der Waals surface area contributed by atoms with Gasteiger partial charge in [0, 0.05) is 0 Å². The number of carbonyl (C=O) groups is 2. The lowest BCUT2D eigenvalue weighted by Crippen LogP contribution is -2.31. The van der Waals surface area contributed by atoms with Crippen LogP contribution in [0.25, 0.3) is 0 Å². The van der Waals surface area contributed by atoms with Gasteiger partial charge < -0.3 is 20.3 Å². The first-order valence-electron chi connectivity index (χ1n) is 5.42. The first-order valence-corrected chi connectivity index (χ1v) is 5.42. The first kappa shape index (κ1) is 13.8. The SMILES string of the molecule is CCOc1cccc(C(=O)O)c1OC(C)C(N)=O. The number of amides is 1. The van der Waals surface area contributed by atoms with Crippen LogP contribution in [0.3, 0.4) is 0 Å². The van der Waals surface area contributed by atoms with Crippen LogP contribution in [0.2, 0.25) is 0 Å². The first-order chi connectivity index (χ1) is 8.47. The molecule has 3 N–H and O–H groups in total. The van der Waals surface area contributed by atoms with E-state index in [2.05, 4.69) is 0 Å². The highest BCUT2D eigenvalue weighted by atomic mass is 16.5. The second-order valence-corrected chi connectivity index (χ2v) is 3.53. The molecule has 1 aromatic rings. The van der Waals surface area contributed by atoms with Crippen LogP contribution in [0.5, 0.6) is 11.5 Å². The molecular weight excluding hydrogens is 238 g/mol. The lowest BCUT2D eigenvalue weighted by Gasteiger charge is -2.16. The molecule has 0 radical (unpaired) electrons. The number of carboxylic acid groups (broad SMARTS) is 1. The predicted molar refractivity (Wildman–Crippen MR) is 63.9 cm³/mol. The Kier molecular flexibility index (Phi) is 4.53. The second-order valence-electron chi connectivity index (χ2n) is 3.53. The van der Waals surface area contributed by atoms with Gasteiger partial charge in [-0.25, -0.2) is 4.79 Å². The molecule has 0 fully saturated rings. The molecule has 0 heterocycles. The van der Waals surface area contributed by atoms with Crippen molar-refractivity contribution in [2.24, 2.45) is 5.73 Å². The molecule has 1 unspecified atom stereocenters. The Morgan fingerprint density at radius 2 is 2.11 bits per heavy atom. The lowest BCUT2D eigenvalue weighted by molar-refractivity contribution is -0.124. The number of rotatable bonds is 6. The number of ether oxygens (including phenoxy) is 2. The Bertz CT molecular complexity index is 458. The fourth-order valence-corrected chi connectivity index (χ4v) is 1.31. The van der Waals surface area contributed by atoms with Gasteiger partial charge in [-0.05, 0) is 26.0 Å². The normalized spacial score (nSPS) is 11.7. The molecule has 0 saturated heterocycles. The van der Waals surface area contributed by atoms with Crippen LogP contribution < -0.4 is 15.2 Å². The Hall–Kier alpha value is -2.24. The minimum absolute atomic E-state index is 0.0122. The summed E-state index contributed by atoms with van der Waals surface area (Å²) in [6.07, 6.45) is -0.940. The van der Waals surface area contributed by atoms with Crippen molar-refractivity contribution in [3.63, 3.8) is 0 Å². The molecule has 1 atom stereocenters. The molecule has 98 valence electrons. The number of carbonyl (C=O) groups excluding carboxylic acids is 1. The van der Waals surface area contributed by atoms with Crippen molar-refractivity contribution in [3.05, 3.63) is 23.8 Å². The van der Waals surface area contributed by atoms with E-state index in [9.17, 15) is 9.59 Å². The van der Waals surface area contributed by atoms with Crippen LogP contribution in [-0.4, -0.2) is 29.7 Å². The van der Waals surface area contributed by atoms with Crippen LogP contribution >= 0.6 is 0 Å². The van der Waals surface area contributed by atoms with Crippen molar-refractivity contribution < 1.29 is 24.2 Å². The largest absolute Gasteiger partial charge is 0.490 e. The smallest absolute Gasteiger partial charge is 0.339 e. The molecule has 0 aliphatic heterocycles. The molecule has 1 amide bonds. The molecule has 6 nitrogen and oxygen atoms in total. The van der Waals surface area contributed by atoms with Gasteiger partial charge in [-0.3, -0.25) is 4.79 Å². The quantitative estimate of drug-likeness (QED) is 0.789. The van der Waals surface area contributed by atoms with E-state index in [0.29, 0.717) is 6.61 Å². The summed E-state index contributed by atoms with van der Waals surface area (Å²) in [7, 11) is 0. The zero-order valence-corrected chi connectivity index (χ0v) is 10.2. The molecular formula is C12H15NO5. The van der Waals surface area contributed by atoms with Gasteiger partial charge >= 0.3 is 5.97 Å². The molecule has 1 rings (SSSR count). The average Bonchev–Trinajstić information content (AvgIpc) is 2.30. The van der Waals surface area contributed by atoms with Crippen molar-refractivity contribution in [2.75, 3.05) is 6.61 Å². The molecule has 0 aliphatic carbocycles. The summed E-state index contributed by atoms with van der Waals surface area (Å²) in [5.74, 6) is -1.57. The summed E-state index contributed by atoms with van der Waals surface area (Å²) in [4.78, 5) is 22.0. The van der Waals surface area contributed by atoms with Crippen LogP contribution in [0.15, 0.2) is 18.2 Å². The molecule has 0 bridgehead atoms. The third kappa shape index (κ3) is 3.13. The van der Waals surface area contributed by atoms with Gasteiger partial charge in [-0.15, -0.1) is 0 Å². The van der Waals surface area contributed by atoms with E-state index in [1.165, 1.54) is 19.1 Å². The van der Waals surface area contributed by atoms with E-state index in [0.717, 1.165) is 0 Å². The number of hydrogen-bond acceptors (Lipinski definition) is 4. The summed E-state index contributed by atoms with van der Waals surface area (Å²) in [6.45, 7) is 3.55. The Morgan fingerprint density at radius 1 is 1.44 bits per heavy atom. The van der Waals surface area contributed by atoms with Gasteiger partial charge in [0.1, 0.15) is 5.56 Å². The number of primary amides is 1. The highest BCUT2D eigenvalue weighted by Gasteiger charge is 2.20. The predicted octanol–water partition coefficient (Wildman–Crippen LogP) is 1.04. The number of benzene rings is 1. The van der Waals surface area contributed by atoms with Gasteiger partial charge in [0.2, 0.25) is 0 Å². The minimum atomic E-state index is -1.16. The fourth-order valence-electron chi connectivity index (χ4n) is 1.31. The van der Waals surface area contributed by atoms with Crippen molar-refractivity contribution in [1.29, 1.82) is 0 Å². The van der Waals surface area contributed by atoms with Crippen LogP contribution in [0.1, 0.15) is 24.2 Å². The summed E-state index contributed by atoms with van der Waals surface area (Å²) < 4.78 is 10.5. The van der Waals surface area contributed by atoms with Crippen LogP contribution in [-0.2, 0) is 4.79 Å². The minimum Gasteiger partial charge on any atom is -0.490 e. The zero-order chi connectivity index (χ0) is 13.7. The highest BCUT2D eigenvalue weighted by Crippen LogP contribution is 2.32. The van der Waals surface area contributed by atoms with Crippen molar-refractivity contribution in [3.8, 4) is 11.5 Å². The van der Waals surface area contributed by atoms with E-state index >= 15 is 0 Å². The number of hydrogen-bond donors (Lipinski definition) is 2. The van der Waals surface area contributed by atoms with E-state index < -0.39 is 18.0 Å². The Morgan fingerprint density at radius 3 is 2.61 bits per heavy atom. The summed E-state index contributed by atoms with van der Waals surface area (Å²) in [6, 6.07) is 4.48. The van der Waals surface area contributed by atoms with Gasteiger partial charge in [0.05, 0.1) is 6.61 Å². The third-order valence-corrected chi connectivity index (χ3v) is 2.20. The van der Waals surface area contributed by atoms with Gasteiger partial charge in [0.25, 0.3) is 5.91 Å². The Labute approximate surface area is 104 Å². The maximum absolute atomic E-state index is 11.1. The zero-order valence-electron chi connectivity index (χ0n) is 10.2. The van der Waals surface area contributed by atoms with Gasteiger partial charge in [-0.2, -0.15) is 0 Å². The molecule has 1 aromatic carbocycles. The monoisotopic (exact) mass is 253 g/mol. The maximum Gasteiger partial charge on any atom is 0.339 e. The van der Waals surface area contributed by atoms with Crippen LogP contribution in [0.4, 0.5) is 0 Å². The molecule has 0 aromatic heterocycles. The van der Waals surface area contributed by atoms with E-state index in [-0.39, 0.29) is 17.1 Å². The topological polar surface area (TPSA) is 98.8 Å². The van der Waals surface area contributed by atoms with E-state index in [4.69, 9.17) is 20.3 Å². The maximum atomic E-state index is 11.1. The Balaban J connectivity index is 3.17. The molecule has 18 heavy (non-hydrogen) atoms. The molecule has 0 aliphatic rings. The van der Waals surface area contributed by atoms with Crippen molar-refractivity contribution in [1.82, 2.24) is 0 Å². The van der Waals surface area contributed by atoms with Gasteiger partial charge in [0.15, 0.2) is 17.6 Å². The second kappa shape index (κ2) is 5.90. The number of carboxylic acids is 1. The molecule has 6 heteroatoms. The van der Waals surface area contributed by atoms with E-state index in [1.54, 1.807) is 13.0 Å². The van der Waals surface area contributed by atoms with Crippen molar-refractivity contribution in [2.45, 2.75) is 20.0 Å². The number of aromatic carboxylic acids is 1. The number of para-hydroxylation sites is 1. The molecule has 0 saturated carbocycles. The molecule has 0 spiro atoms. The standard InChI is InChI=1S/C12H15NO5/c1-3-17-9-6-4-5-8(12(15)16)10(9)18-7(2)11(13)14/h4-7H,3H2,1-2H3,(H2,13,14)(H,15,16). The highest BCUT2D eigenvalue weighted by molar-refractivity contribution is 5.92. The fraction of sp³-hybridized carbons (Fsp3) is 0.333. The van der Waals surface area contributed by atoms with Gasteiger partial charge in [-0.1, -0.05) is 6.07 Å². The third-order valence-electron chi connectivity index (χ3n) is 2.20. The van der Waals surface area contributed by atoms with E-state index in [1.807, 2.05) is 0 Å². The lowest BCUT2D eigenvalue weighted by atomic mass is 10.2. The van der Waals surface area contributed by atoms with Crippen LogP contribution in [0, 0.1) is 0 Å². The summed E-state index contributed by atoms with van der Waals surface area (Å²) >= 11 is 0. The summed E-state index contributed by atoms with van der Waals surface area (Å²) in [5.41, 5.74) is 5.01. The van der Waals surface area contributed by atoms with Crippen molar-refractivity contribution >= 4 is 11.9 Å².